The second kappa shape index (κ2) is 2.73. The van der Waals surface area contributed by atoms with Crippen LogP contribution in [0.5, 0.6) is 0 Å². The molecule has 2 rings (SSSR count). The van der Waals surface area contributed by atoms with Gasteiger partial charge in [-0.3, -0.25) is 5.84 Å². The lowest BCUT2D eigenvalue weighted by molar-refractivity contribution is 0.125. The highest BCUT2D eigenvalue weighted by Gasteiger charge is 2.35. The maximum absolute atomic E-state index is 5.75. The number of hydrogen-bond donors (Lipinski definition) is 1. The lowest BCUT2D eigenvalue weighted by atomic mass is 9.94. The van der Waals surface area contributed by atoms with Crippen LogP contribution in [-0.4, -0.2) is 42.6 Å². The van der Waals surface area contributed by atoms with E-state index in [0.717, 1.165) is 25.0 Å². The Hall–Kier alpha value is -0.120. The van der Waals surface area contributed by atoms with Crippen molar-refractivity contribution in [3.63, 3.8) is 0 Å². The summed E-state index contributed by atoms with van der Waals surface area (Å²) in [5.74, 6) is 6.60. The molecular formula is C8H17N3. The molecule has 2 heterocycles. The van der Waals surface area contributed by atoms with Gasteiger partial charge >= 0.3 is 0 Å². The molecule has 64 valence electrons. The lowest BCUT2D eigenvalue weighted by Gasteiger charge is -2.34. The molecule has 0 spiro atoms. The van der Waals surface area contributed by atoms with E-state index in [9.17, 15) is 0 Å². The number of rotatable bonds is 0. The van der Waals surface area contributed by atoms with E-state index in [1.165, 1.54) is 19.4 Å². The van der Waals surface area contributed by atoms with Crippen LogP contribution in [-0.2, 0) is 0 Å². The molecule has 0 radical (unpaired) electrons. The summed E-state index contributed by atoms with van der Waals surface area (Å²) in [6.45, 7) is 3.45. The summed E-state index contributed by atoms with van der Waals surface area (Å²) in [5.41, 5.74) is 0. The maximum Gasteiger partial charge on any atom is 0.0172 e. The molecule has 3 nitrogen and oxygen atoms in total. The summed E-state index contributed by atoms with van der Waals surface area (Å²) >= 11 is 0. The normalized spacial score (nSPS) is 40.9. The molecule has 2 aliphatic rings. The van der Waals surface area contributed by atoms with Crippen molar-refractivity contribution >= 4 is 0 Å². The molecule has 0 saturated carbocycles. The van der Waals surface area contributed by atoms with Gasteiger partial charge in [0.05, 0.1) is 0 Å². The van der Waals surface area contributed by atoms with Crippen LogP contribution in [0.15, 0.2) is 0 Å². The predicted octanol–water partition coefficient (Wildman–Crippen LogP) is -0.114. The Morgan fingerprint density at radius 2 is 2.09 bits per heavy atom. The second-order valence-corrected chi connectivity index (χ2v) is 3.88. The Labute approximate surface area is 68.1 Å². The third-order valence-electron chi connectivity index (χ3n) is 3.14. The number of fused-ring (bicyclic) bond motifs is 1. The van der Waals surface area contributed by atoms with Crippen LogP contribution in [0.1, 0.15) is 12.8 Å². The van der Waals surface area contributed by atoms with Crippen LogP contribution >= 0.6 is 0 Å². The van der Waals surface area contributed by atoms with Gasteiger partial charge in [0.2, 0.25) is 0 Å². The number of nitrogens with two attached hydrogens (primary N) is 1. The minimum atomic E-state index is 0.829. The third-order valence-corrected chi connectivity index (χ3v) is 3.14. The highest BCUT2D eigenvalue weighted by Crippen LogP contribution is 2.28. The summed E-state index contributed by atoms with van der Waals surface area (Å²) in [4.78, 5) is 2.48. The van der Waals surface area contributed by atoms with Gasteiger partial charge < -0.3 is 4.90 Å². The van der Waals surface area contributed by atoms with E-state index in [-0.39, 0.29) is 0 Å². The highest BCUT2D eigenvalue weighted by atomic mass is 15.4. The Morgan fingerprint density at radius 1 is 1.27 bits per heavy atom. The molecule has 2 saturated heterocycles. The first-order chi connectivity index (χ1) is 5.27. The van der Waals surface area contributed by atoms with Crippen molar-refractivity contribution in [2.75, 3.05) is 26.7 Å². The minimum absolute atomic E-state index is 0.829. The van der Waals surface area contributed by atoms with Gasteiger partial charge in [-0.2, -0.15) is 0 Å². The molecule has 2 aliphatic heterocycles. The lowest BCUT2D eigenvalue weighted by Crippen LogP contribution is -2.47. The minimum Gasteiger partial charge on any atom is -0.303 e. The molecule has 0 unspecified atom stereocenters. The van der Waals surface area contributed by atoms with Gasteiger partial charge in [-0.05, 0) is 32.4 Å². The van der Waals surface area contributed by atoms with Crippen molar-refractivity contribution in [1.29, 1.82) is 0 Å². The fourth-order valence-corrected chi connectivity index (χ4v) is 2.45. The van der Waals surface area contributed by atoms with E-state index in [1.807, 2.05) is 5.01 Å². The second-order valence-electron chi connectivity index (χ2n) is 3.88. The van der Waals surface area contributed by atoms with E-state index in [2.05, 4.69) is 11.9 Å². The van der Waals surface area contributed by atoms with Crippen molar-refractivity contribution in [3.8, 4) is 0 Å². The van der Waals surface area contributed by atoms with Crippen LogP contribution in [0.3, 0.4) is 0 Å². The van der Waals surface area contributed by atoms with Gasteiger partial charge in [-0.1, -0.05) is 0 Å². The van der Waals surface area contributed by atoms with Crippen LogP contribution < -0.4 is 5.84 Å². The van der Waals surface area contributed by atoms with E-state index in [0.29, 0.717) is 0 Å². The Balaban J connectivity index is 2.00. The maximum atomic E-state index is 5.75. The summed E-state index contributed by atoms with van der Waals surface area (Å²) in [6.07, 6.45) is 2.60. The summed E-state index contributed by atoms with van der Waals surface area (Å²) in [7, 11) is 2.23. The molecular weight excluding hydrogens is 138 g/mol. The van der Waals surface area contributed by atoms with Crippen molar-refractivity contribution in [1.82, 2.24) is 9.91 Å². The number of hydrogen-bond acceptors (Lipinski definition) is 3. The SMILES string of the molecule is CN1CC[C@H]2CN(N)CC[C@H]21. The molecule has 2 fully saturated rings. The smallest absolute Gasteiger partial charge is 0.0172 e. The number of piperidine rings is 1. The standard InChI is InChI=1S/C8H17N3/c1-10-4-2-7-6-11(9)5-3-8(7)10/h7-8H,2-6,9H2,1H3/t7-,8+/m0/s1. The molecule has 3 heteroatoms. The van der Waals surface area contributed by atoms with Crippen LogP contribution in [0.2, 0.25) is 0 Å². The number of nitrogens with zero attached hydrogens (tertiary/aromatic N) is 2. The Bertz CT molecular complexity index is 148. The van der Waals surface area contributed by atoms with Crippen molar-refractivity contribution in [3.05, 3.63) is 0 Å². The van der Waals surface area contributed by atoms with E-state index in [1.54, 1.807) is 0 Å². The average molecular weight is 155 g/mol. The summed E-state index contributed by atoms with van der Waals surface area (Å²) in [6, 6.07) is 0.829. The predicted molar refractivity (Wildman–Crippen MR) is 44.9 cm³/mol. The fraction of sp³-hybridized carbons (Fsp3) is 1.00. The molecule has 0 amide bonds. The quantitative estimate of drug-likeness (QED) is 0.495. The monoisotopic (exact) mass is 155 g/mol. The molecule has 11 heavy (non-hydrogen) atoms. The van der Waals surface area contributed by atoms with Gasteiger partial charge in [0, 0.05) is 19.1 Å². The number of likely N-dealkylation sites (tertiary alicyclic amines) is 1. The molecule has 0 aromatic heterocycles. The first kappa shape index (κ1) is 7.53. The topological polar surface area (TPSA) is 32.5 Å². The van der Waals surface area contributed by atoms with Crippen LogP contribution in [0.4, 0.5) is 0 Å². The highest BCUT2D eigenvalue weighted by molar-refractivity contribution is 4.89. The zero-order valence-electron chi connectivity index (χ0n) is 7.16. The number of hydrazine groups is 1. The van der Waals surface area contributed by atoms with E-state index >= 15 is 0 Å². The van der Waals surface area contributed by atoms with Crippen molar-refractivity contribution < 1.29 is 0 Å². The first-order valence-electron chi connectivity index (χ1n) is 4.47. The van der Waals surface area contributed by atoms with Crippen molar-refractivity contribution in [2.45, 2.75) is 18.9 Å². The van der Waals surface area contributed by atoms with Gasteiger partial charge in [0.25, 0.3) is 0 Å². The zero-order chi connectivity index (χ0) is 7.84. The zero-order valence-corrected chi connectivity index (χ0v) is 7.16. The van der Waals surface area contributed by atoms with E-state index < -0.39 is 0 Å². The van der Waals surface area contributed by atoms with Crippen LogP contribution in [0, 0.1) is 5.92 Å². The van der Waals surface area contributed by atoms with Gasteiger partial charge in [-0.25, -0.2) is 5.01 Å². The molecule has 2 N–H and O–H groups in total. The largest absolute Gasteiger partial charge is 0.303 e. The van der Waals surface area contributed by atoms with Gasteiger partial charge in [-0.15, -0.1) is 0 Å². The molecule has 2 atom stereocenters. The Kier molecular flexibility index (Phi) is 1.87. The molecule has 0 aromatic carbocycles. The summed E-state index contributed by atoms with van der Waals surface area (Å²) in [5, 5.41) is 1.97. The Morgan fingerprint density at radius 3 is 2.91 bits per heavy atom. The van der Waals surface area contributed by atoms with Crippen molar-refractivity contribution in [2.24, 2.45) is 11.8 Å². The first-order valence-corrected chi connectivity index (χ1v) is 4.47. The van der Waals surface area contributed by atoms with Crippen LogP contribution in [0.25, 0.3) is 0 Å². The third kappa shape index (κ3) is 1.28. The van der Waals surface area contributed by atoms with Gasteiger partial charge in [0.1, 0.15) is 0 Å². The van der Waals surface area contributed by atoms with E-state index in [4.69, 9.17) is 5.84 Å². The molecule has 0 aliphatic carbocycles. The molecule has 0 bridgehead atoms. The fourth-order valence-electron chi connectivity index (χ4n) is 2.45. The average Bonchev–Trinajstić information content (AvgIpc) is 2.32. The summed E-state index contributed by atoms with van der Waals surface area (Å²) < 4.78 is 0. The molecule has 0 aromatic rings. The van der Waals surface area contributed by atoms with Gasteiger partial charge in [0.15, 0.2) is 0 Å².